The van der Waals surface area contributed by atoms with E-state index < -0.39 is 0 Å². The second-order valence-electron chi connectivity index (χ2n) is 5.37. The molecule has 1 fully saturated rings. The molecule has 2 nitrogen and oxygen atoms in total. The molecule has 1 heterocycles. The SMILES string of the molecule is CC1(C)CN(CC(=O)c2cc(Cl)ccc2Cl)CCS1. The number of nitrogens with zero attached hydrogens (tertiary/aromatic N) is 1. The first-order chi connectivity index (χ1) is 8.87. The lowest BCUT2D eigenvalue weighted by molar-refractivity contribution is 0.0928. The third-order valence-electron chi connectivity index (χ3n) is 3.10. The molecule has 1 aromatic carbocycles. The zero-order valence-electron chi connectivity index (χ0n) is 11.1. The second-order valence-corrected chi connectivity index (χ2v) is 8.01. The average Bonchev–Trinajstić information content (AvgIpc) is 2.31. The zero-order valence-corrected chi connectivity index (χ0v) is 13.4. The van der Waals surface area contributed by atoms with Crippen LogP contribution in [-0.4, -0.2) is 40.8 Å². The lowest BCUT2D eigenvalue weighted by Gasteiger charge is -2.37. The van der Waals surface area contributed by atoms with Gasteiger partial charge in [-0.3, -0.25) is 9.69 Å². The molecule has 19 heavy (non-hydrogen) atoms. The number of halogens is 2. The van der Waals surface area contributed by atoms with E-state index in [-0.39, 0.29) is 10.5 Å². The molecule has 0 spiro atoms. The molecule has 1 aromatic rings. The summed E-state index contributed by atoms with van der Waals surface area (Å²) in [6, 6.07) is 5.02. The highest BCUT2D eigenvalue weighted by Crippen LogP contribution is 2.30. The Morgan fingerprint density at radius 1 is 1.42 bits per heavy atom. The van der Waals surface area contributed by atoms with Gasteiger partial charge in [-0.25, -0.2) is 0 Å². The highest BCUT2D eigenvalue weighted by atomic mass is 35.5. The molecule has 0 atom stereocenters. The Hall–Kier alpha value is -0.220. The first-order valence-corrected chi connectivity index (χ1v) is 7.96. The van der Waals surface area contributed by atoms with Gasteiger partial charge in [0.25, 0.3) is 0 Å². The average molecular weight is 318 g/mol. The van der Waals surface area contributed by atoms with Crippen LogP contribution in [0.1, 0.15) is 24.2 Å². The van der Waals surface area contributed by atoms with Gasteiger partial charge in [0.1, 0.15) is 0 Å². The van der Waals surface area contributed by atoms with Crippen LogP contribution in [0.5, 0.6) is 0 Å². The Morgan fingerprint density at radius 2 is 2.16 bits per heavy atom. The van der Waals surface area contributed by atoms with E-state index in [1.807, 2.05) is 11.8 Å². The van der Waals surface area contributed by atoms with Crippen LogP contribution >= 0.6 is 35.0 Å². The molecule has 1 aliphatic heterocycles. The maximum Gasteiger partial charge on any atom is 0.178 e. The first kappa shape index (κ1) is 15.2. The van der Waals surface area contributed by atoms with Crippen molar-refractivity contribution in [1.82, 2.24) is 4.90 Å². The number of rotatable bonds is 3. The molecule has 0 amide bonds. The number of carbonyl (C=O) groups is 1. The maximum atomic E-state index is 12.3. The highest BCUT2D eigenvalue weighted by molar-refractivity contribution is 8.00. The van der Waals surface area contributed by atoms with E-state index in [2.05, 4.69) is 18.7 Å². The van der Waals surface area contributed by atoms with E-state index in [1.54, 1.807) is 18.2 Å². The number of thioether (sulfide) groups is 1. The van der Waals surface area contributed by atoms with Crippen LogP contribution in [-0.2, 0) is 0 Å². The monoisotopic (exact) mass is 317 g/mol. The molecule has 0 aliphatic carbocycles. The van der Waals surface area contributed by atoms with Crippen LogP contribution in [0.4, 0.5) is 0 Å². The van der Waals surface area contributed by atoms with Crippen LogP contribution in [0.2, 0.25) is 10.0 Å². The first-order valence-electron chi connectivity index (χ1n) is 6.22. The summed E-state index contributed by atoms with van der Waals surface area (Å²) < 4.78 is 0.205. The molecular weight excluding hydrogens is 301 g/mol. The number of hydrogen-bond acceptors (Lipinski definition) is 3. The Kier molecular flexibility index (Phi) is 4.83. The van der Waals surface area contributed by atoms with Crippen molar-refractivity contribution in [1.29, 1.82) is 0 Å². The summed E-state index contributed by atoms with van der Waals surface area (Å²) in [5.74, 6) is 1.10. The standard InChI is InChI=1S/C14H17Cl2NOS/c1-14(2)9-17(5-6-19-14)8-13(18)11-7-10(15)3-4-12(11)16/h3-4,7H,5-6,8-9H2,1-2H3. The predicted molar refractivity (Wildman–Crippen MR) is 83.8 cm³/mol. The van der Waals surface area contributed by atoms with Gasteiger partial charge in [-0.2, -0.15) is 11.8 Å². The van der Waals surface area contributed by atoms with Gasteiger partial charge in [-0.1, -0.05) is 23.2 Å². The van der Waals surface area contributed by atoms with E-state index >= 15 is 0 Å². The van der Waals surface area contributed by atoms with Crippen LogP contribution in [0.25, 0.3) is 0 Å². The van der Waals surface area contributed by atoms with Crippen LogP contribution in [0, 0.1) is 0 Å². The zero-order chi connectivity index (χ0) is 14.0. The lowest BCUT2D eigenvalue weighted by atomic mass is 10.1. The lowest BCUT2D eigenvalue weighted by Crippen LogP contribution is -2.45. The summed E-state index contributed by atoms with van der Waals surface area (Å²) in [5, 5.41) is 1.02. The summed E-state index contributed by atoms with van der Waals surface area (Å²) in [6.45, 7) is 6.69. The van der Waals surface area contributed by atoms with Gasteiger partial charge in [-0.05, 0) is 32.0 Å². The van der Waals surface area contributed by atoms with Crippen molar-refractivity contribution in [3.63, 3.8) is 0 Å². The number of ketones is 1. The fraction of sp³-hybridized carbons (Fsp3) is 0.500. The van der Waals surface area contributed by atoms with Gasteiger partial charge in [0, 0.05) is 34.2 Å². The van der Waals surface area contributed by atoms with Gasteiger partial charge >= 0.3 is 0 Å². The van der Waals surface area contributed by atoms with Crippen molar-refractivity contribution in [2.24, 2.45) is 0 Å². The van der Waals surface area contributed by atoms with Gasteiger partial charge in [0.2, 0.25) is 0 Å². The van der Waals surface area contributed by atoms with Crippen LogP contribution < -0.4 is 0 Å². The molecule has 0 bridgehead atoms. The minimum Gasteiger partial charge on any atom is -0.294 e. The third kappa shape index (κ3) is 4.12. The predicted octanol–water partition coefficient (Wildman–Crippen LogP) is 4.00. The van der Waals surface area contributed by atoms with Crippen molar-refractivity contribution in [2.75, 3.05) is 25.4 Å². The molecule has 2 rings (SSSR count). The fourth-order valence-electron chi connectivity index (χ4n) is 2.25. The van der Waals surface area contributed by atoms with Crippen molar-refractivity contribution in [2.45, 2.75) is 18.6 Å². The molecule has 1 saturated heterocycles. The van der Waals surface area contributed by atoms with Gasteiger partial charge in [-0.15, -0.1) is 0 Å². The smallest absolute Gasteiger partial charge is 0.178 e. The molecule has 0 radical (unpaired) electrons. The quantitative estimate of drug-likeness (QED) is 0.786. The maximum absolute atomic E-state index is 12.3. The topological polar surface area (TPSA) is 20.3 Å². The molecule has 0 aromatic heterocycles. The normalized spacial score (nSPS) is 19.4. The summed E-state index contributed by atoms with van der Waals surface area (Å²) in [7, 11) is 0. The van der Waals surface area contributed by atoms with Crippen molar-refractivity contribution in [3.8, 4) is 0 Å². The minimum absolute atomic E-state index is 0.0372. The fourth-order valence-corrected chi connectivity index (χ4v) is 3.82. The summed E-state index contributed by atoms with van der Waals surface area (Å²) in [6.07, 6.45) is 0. The Labute approximate surface area is 128 Å². The number of Topliss-reactive ketones (excluding diaryl/α,β-unsaturated/α-hetero) is 1. The van der Waals surface area contributed by atoms with Crippen molar-refractivity contribution in [3.05, 3.63) is 33.8 Å². The molecule has 5 heteroatoms. The summed E-state index contributed by atoms with van der Waals surface area (Å²) in [5.41, 5.74) is 0.519. The number of benzene rings is 1. The van der Waals surface area contributed by atoms with E-state index in [1.165, 1.54) is 0 Å². The van der Waals surface area contributed by atoms with Crippen molar-refractivity contribution < 1.29 is 4.79 Å². The van der Waals surface area contributed by atoms with E-state index in [0.717, 1.165) is 18.8 Å². The highest BCUT2D eigenvalue weighted by Gasteiger charge is 2.28. The Balaban J connectivity index is 2.06. The Morgan fingerprint density at radius 3 is 2.84 bits per heavy atom. The minimum atomic E-state index is 0.0372. The molecule has 0 unspecified atom stereocenters. The van der Waals surface area contributed by atoms with Crippen LogP contribution in [0.3, 0.4) is 0 Å². The van der Waals surface area contributed by atoms with Gasteiger partial charge in [0.15, 0.2) is 5.78 Å². The van der Waals surface area contributed by atoms with Crippen molar-refractivity contribution >= 4 is 40.7 Å². The van der Waals surface area contributed by atoms with Gasteiger partial charge in [0.05, 0.1) is 11.6 Å². The van der Waals surface area contributed by atoms with Crippen LogP contribution in [0.15, 0.2) is 18.2 Å². The summed E-state index contributed by atoms with van der Waals surface area (Å²) >= 11 is 13.9. The largest absolute Gasteiger partial charge is 0.294 e. The summed E-state index contributed by atoms with van der Waals surface area (Å²) in [4.78, 5) is 14.5. The number of hydrogen-bond donors (Lipinski definition) is 0. The second kappa shape index (κ2) is 6.04. The number of carbonyl (C=O) groups excluding carboxylic acids is 1. The van der Waals surface area contributed by atoms with E-state index in [9.17, 15) is 4.79 Å². The van der Waals surface area contributed by atoms with Gasteiger partial charge < -0.3 is 0 Å². The Bertz CT molecular complexity index is 490. The molecule has 0 N–H and O–H groups in total. The molecule has 104 valence electrons. The van der Waals surface area contributed by atoms with E-state index in [0.29, 0.717) is 22.2 Å². The third-order valence-corrected chi connectivity index (χ3v) is 4.96. The molecule has 1 aliphatic rings. The molecular formula is C14H17Cl2NOS. The molecule has 0 saturated carbocycles. The van der Waals surface area contributed by atoms with E-state index in [4.69, 9.17) is 23.2 Å².